The Balaban J connectivity index is -0.000000212. The molecule has 0 aliphatic rings. The van der Waals surface area contributed by atoms with Gasteiger partial charge in [0.05, 0.1) is 6.61 Å². The first-order valence-corrected chi connectivity index (χ1v) is 8.20. The predicted molar refractivity (Wildman–Crippen MR) is 95.6 cm³/mol. The van der Waals surface area contributed by atoms with Gasteiger partial charge in [0.2, 0.25) is 5.91 Å². The number of carbonyl (C=O) groups excluding carboxylic acids is 1. The summed E-state index contributed by atoms with van der Waals surface area (Å²) < 4.78 is 4.90. The summed E-state index contributed by atoms with van der Waals surface area (Å²) in [7, 11) is 3.43. The number of allylic oxidation sites excluding steroid dienone is 1. The van der Waals surface area contributed by atoms with Crippen molar-refractivity contribution < 1.29 is 9.53 Å². The highest BCUT2D eigenvalue weighted by Gasteiger charge is 2.06. The number of likely N-dealkylation sites (N-methyl/N-ethyl adjacent to an activating group) is 1. The smallest absolute Gasteiger partial charge is 0.222 e. The number of hydrogen-bond acceptors (Lipinski definition) is 3. The zero-order chi connectivity index (χ0) is 17.7. The van der Waals surface area contributed by atoms with Crippen LogP contribution < -0.4 is 5.32 Å². The van der Waals surface area contributed by atoms with Gasteiger partial charge >= 0.3 is 0 Å². The maximum atomic E-state index is 11.5. The first-order chi connectivity index (χ1) is 10.1. The van der Waals surface area contributed by atoms with Crippen molar-refractivity contribution in [2.75, 3.05) is 33.9 Å². The molecule has 1 amide bonds. The fraction of sp³-hybridized carbons (Fsp3) is 0.824. The minimum atomic E-state index is 0.163. The summed E-state index contributed by atoms with van der Waals surface area (Å²) in [5.41, 5.74) is 0.940. The maximum Gasteiger partial charge on any atom is 0.222 e. The Morgan fingerprint density at radius 1 is 1.14 bits per heavy atom. The average Bonchev–Trinajstić information content (AvgIpc) is 2.54. The van der Waals surface area contributed by atoms with E-state index in [1.807, 2.05) is 48.5 Å². The van der Waals surface area contributed by atoms with Gasteiger partial charge in [-0.25, -0.2) is 0 Å². The van der Waals surface area contributed by atoms with Crippen LogP contribution in [0.25, 0.3) is 0 Å². The van der Waals surface area contributed by atoms with Crippen molar-refractivity contribution in [1.29, 1.82) is 0 Å². The summed E-state index contributed by atoms with van der Waals surface area (Å²) in [5, 5.41) is 3.09. The minimum absolute atomic E-state index is 0.163. The van der Waals surface area contributed by atoms with Crippen LogP contribution in [0.15, 0.2) is 12.3 Å². The van der Waals surface area contributed by atoms with Crippen molar-refractivity contribution in [3.8, 4) is 0 Å². The van der Waals surface area contributed by atoms with Crippen LogP contribution in [-0.2, 0) is 9.53 Å². The Morgan fingerprint density at radius 2 is 1.62 bits per heavy atom. The topological polar surface area (TPSA) is 41.6 Å². The number of ether oxygens (including phenoxy) is 1. The Labute approximate surface area is 133 Å². The van der Waals surface area contributed by atoms with Gasteiger partial charge in [-0.2, -0.15) is 0 Å². The predicted octanol–water partition coefficient (Wildman–Crippen LogP) is 4.07. The third kappa shape index (κ3) is 28.0. The molecule has 0 aromatic heterocycles. The van der Waals surface area contributed by atoms with E-state index in [4.69, 9.17) is 4.74 Å². The Hall–Kier alpha value is -1.03. The van der Waals surface area contributed by atoms with E-state index < -0.39 is 0 Å². The largest absolute Gasteiger partial charge is 0.389 e. The van der Waals surface area contributed by atoms with Gasteiger partial charge in [-0.15, -0.1) is 0 Å². The lowest BCUT2D eigenvalue weighted by Crippen LogP contribution is -2.30. The molecular weight excluding hydrogens is 264 g/mol. The Bertz CT molecular complexity index is 207. The van der Waals surface area contributed by atoms with Crippen LogP contribution in [0.1, 0.15) is 61.3 Å². The highest BCUT2D eigenvalue weighted by atomic mass is 16.5. The monoisotopic (exact) mass is 304 g/mol. The molecule has 0 saturated heterocycles. The van der Waals surface area contributed by atoms with Gasteiger partial charge in [-0.3, -0.25) is 4.79 Å². The second-order valence-electron chi connectivity index (χ2n) is 3.62. The van der Waals surface area contributed by atoms with E-state index in [-0.39, 0.29) is 5.91 Å². The van der Waals surface area contributed by atoms with Gasteiger partial charge in [-0.05, 0) is 13.3 Å². The number of nitrogens with one attached hydrogen (secondary N) is 1. The average molecular weight is 305 g/mol. The lowest BCUT2D eigenvalue weighted by molar-refractivity contribution is -0.130. The summed E-state index contributed by atoms with van der Waals surface area (Å²) in [6.45, 7) is 19.7. The van der Waals surface area contributed by atoms with Crippen molar-refractivity contribution in [2.45, 2.75) is 61.3 Å². The molecule has 0 aliphatic carbocycles. The molecule has 0 radical (unpaired) electrons. The number of methoxy groups -OCH3 is 1. The van der Waals surface area contributed by atoms with Gasteiger partial charge in [0, 0.05) is 39.4 Å². The first kappa shape index (κ1) is 28.2. The molecule has 0 aliphatic heterocycles. The Kier molecular flexibility index (Phi) is 36.7. The Morgan fingerprint density at radius 3 is 2.00 bits per heavy atom. The summed E-state index contributed by atoms with van der Waals surface area (Å²) >= 11 is 0. The molecule has 0 bridgehead atoms. The van der Waals surface area contributed by atoms with Crippen molar-refractivity contribution in [3.63, 3.8) is 0 Å². The van der Waals surface area contributed by atoms with E-state index in [1.165, 1.54) is 0 Å². The molecule has 0 atom stereocenters. The maximum absolute atomic E-state index is 11.5. The number of carbonyl (C=O) groups is 1. The van der Waals surface area contributed by atoms with Crippen LogP contribution in [-0.4, -0.2) is 44.7 Å². The standard InChI is InChI=1S/C11H22N2O2.3C2H6/c1-10(2)12-7-5-6-11(14)13(3)8-9-15-4;3*1-2/h12H,1,5-9H2,2-4H3;3*1-2H3. The first-order valence-electron chi connectivity index (χ1n) is 8.20. The van der Waals surface area contributed by atoms with Gasteiger partial charge in [-0.1, -0.05) is 48.1 Å². The minimum Gasteiger partial charge on any atom is -0.389 e. The van der Waals surface area contributed by atoms with E-state index >= 15 is 0 Å². The summed E-state index contributed by atoms with van der Waals surface area (Å²) in [6, 6.07) is 0. The van der Waals surface area contributed by atoms with Gasteiger partial charge < -0.3 is 15.0 Å². The molecule has 4 nitrogen and oxygen atoms in total. The van der Waals surface area contributed by atoms with E-state index in [2.05, 4.69) is 11.9 Å². The number of amides is 1. The fourth-order valence-corrected chi connectivity index (χ4v) is 1.09. The molecule has 0 fully saturated rings. The van der Waals surface area contributed by atoms with E-state index in [9.17, 15) is 4.79 Å². The van der Waals surface area contributed by atoms with Gasteiger partial charge in [0.15, 0.2) is 0 Å². The van der Waals surface area contributed by atoms with Crippen molar-refractivity contribution in [1.82, 2.24) is 10.2 Å². The highest BCUT2D eigenvalue weighted by molar-refractivity contribution is 5.75. The second-order valence-corrected chi connectivity index (χ2v) is 3.62. The third-order valence-electron chi connectivity index (χ3n) is 2.05. The van der Waals surface area contributed by atoms with Crippen LogP contribution in [0.3, 0.4) is 0 Å². The lowest BCUT2D eigenvalue weighted by atomic mass is 10.2. The molecule has 21 heavy (non-hydrogen) atoms. The van der Waals surface area contributed by atoms with Crippen molar-refractivity contribution in [3.05, 3.63) is 12.3 Å². The van der Waals surface area contributed by atoms with Crippen LogP contribution in [0.2, 0.25) is 0 Å². The van der Waals surface area contributed by atoms with Crippen LogP contribution in [0.5, 0.6) is 0 Å². The highest BCUT2D eigenvalue weighted by Crippen LogP contribution is 1.95. The van der Waals surface area contributed by atoms with Crippen LogP contribution in [0.4, 0.5) is 0 Å². The zero-order valence-corrected chi connectivity index (χ0v) is 16.0. The molecule has 0 rings (SSSR count). The van der Waals surface area contributed by atoms with Crippen molar-refractivity contribution in [2.24, 2.45) is 0 Å². The fourth-order valence-electron chi connectivity index (χ4n) is 1.09. The third-order valence-corrected chi connectivity index (χ3v) is 2.05. The van der Waals surface area contributed by atoms with Crippen LogP contribution in [0, 0.1) is 0 Å². The summed E-state index contributed by atoms with van der Waals surface area (Å²) in [4.78, 5) is 13.2. The van der Waals surface area contributed by atoms with Crippen molar-refractivity contribution >= 4 is 5.91 Å². The molecular formula is C17H40N2O2. The molecule has 0 saturated carbocycles. The molecule has 0 heterocycles. The number of hydrogen-bond donors (Lipinski definition) is 1. The zero-order valence-electron chi connectivity index (χ0n) is 16.0. The molecule has 0 aromatic rings. The molecule has 4 heteroatoms. The van der Waals surface area contributed by atoms with Gasteiger partial charge in [0.25, 0.3) is 0 Å². The van der Waals surface area contributed by atoms with Gasteiger partial charge in [0.1, 0.15) is 0 Å². The van der Waals surface area contributed by atoms with E-state index in [1.54, 1.807) is 19.1 Å². The number of nitrogens with zero attached hydrogens (tertiary/aromatic N) is 1. The molecule has 1 N–H and O–H groups in total. The number of rotatable bonds is 8. The second kappa shape index (κ2) is 27.3. The molecule has 0 aromatic carbocycles. The normalized spacial score (nSPS) is 7.86. The quantitative estimate of drug-likeness (QED) is 0.687. The van der Waals surface area contributed by atoms with E-state index in [0.717, 1.165) is 18.7 Å². The molecule has 130 valence electrons. The molecule has 0 spiro atoms. The summed E-state index contributed by atoms with van der Waals surface area (Å²) in [5.74, 6) is 0.163. The lowest BCUT2D eigenvalue weighted by Gasteiger charge is -2.16. The molecule has 0 unspecified atom stereocenters. The summed E-state index contributed by atoms with van der Waals surface area (Å²) in [6.07, 6.45) is 1.41. The SMILES string of the molecule is C=C(C)NCCCC(=O)N(C)CCOC.CC.CC.CC. The van der Waals surface area contributed by atoms with E-state index in [0.29, 0.717) is 19.6 Å². The van der Waals surface area contributed by atoms with Crippen LogP contribution >= 0.6 is 0 Å².